The van der Waals surface area contributed by atoms with Gasteiger partial charge >= 0.3 is 0 Å². The van der Waals surface area contributed by atoms with Gasteiger partial charge in [0.25, 0.3) is 6.02 Å². The van der Waals surface area contributed by atoms with Crippen molar-refractivity contribution in [3.8, 4) is 22.6 Å². The van der Waals surface area contributed by atoms with Gasteiger partial charge in [-0.1, -0.05) is 0 Å². The lowest BCUT2D eigenvalue weighted by molar-refractivity contribution is 0.0181. The van der Waals surface area contributed by atoms with E-state index in [0.717, 1.165) is 30.3 Å². The summed E-state index contributed by atoms with van der Waals surface area (Å²) in [6.07, 6.45) is 2.71. The Morgan fingerprint density at radius 1 is 1.06 bits per heavy atom. The number of aliphatic imine (C=N–C) groups is 1. The molecule has 186 valence electrons. The van der Waals surface area contributed by atoms with Crippen molar-refractivity contribution in [1.82, 2.24) is 9.97 Å². The third kappa shape index (κ3) is 4.42. The second kappa shape index (κ2) is 9.11. The Kier molecular flexibility index (Phi) is 5.96. The number of fused-ring (bicyclic) bond motifs is 1. The highest BCUT2D eigenvalue weighted by Gasteiger charge is 2.34. The first-order valence-corrected chi connectivity index (χ1v) is 10.6. The molecule has 4 aromatic rings. The van der Waals surface area contributed by atoms with Crippen molar-refractivity contribution in [1.29, 1.82) is 0 Å². The summed E-state index contributed by atoms with van der Waals surface area (Å²) in [5.74, 6) is -4.38. The molecule has 0 fully saturated rings. The number of rotatable bonds is 5. The molecule has 1 atom stereocenters. The van der Waals surface area contributed by atoms with Crippen LogP contribution >= 0.6 is 0 Å². The van der Waals surface area contributed by atoms with Crippen molar-refractivity contribution in [2.45, 2.75) is 5.67 Å². The van der Waals surface area contributed by atoms with Gasteiger partial charge in [-0.3, -0.25) is 0 Å². The first kappa shape index (κ1) is 23.5. The number of H-pyrrole nitrogens is 1. The normalized spacial score (nSPS) is 17.6. The lowest BCUT2D eigenvalue weighted by Crippen LogP contribution is -2.43. The van der Waals surface area contributed by atoms with Gasteiger partial charge in [-0.15, -0.1) is 0 Å². The van der Waals surface area contributed by atoms with E-state index in [0.29, 0.717) is 0 Å². The third-order valence-electron chi connectivity index (χ3n) is 5.47. The molecule has 1 unspecified atom stereocenters. The SMILES string of the molecule is OCC1(F)CN=C(Nc2cc(F)c(Oc3ccnc4[nH]cc(-c5cc(F)ccc5F)c34)c(F)c2)OC1. The summed E-state index contributed by atoms with van der Waals surface area (Å²) >= 11 is 0. The second-order valence-electron chi connectivity index (χ2n) is 8.07. The molecule has 0 bridgehead atoms. The number of aromatic nitrogens is 2. The van der Waals surface area contributed by atoms with Crippen LogP contribution < -0.4 is 10.1 Å². The average molecular weight is 504 g/mol. The topological polar surface area (TPSA) is 91.8 Å². The zero-order valence-corrected chi connectivity index (χ0v) is 18.3. The number of nitrogens with one attached hydrogen (secondary N) is 2. The summed E-state index contributed by atoms with van der Waals surface area (Å²) in [4.78, 5) is 10.7. The number of pyridine rings is 1. The molecule has 5 rings (SSSR count). The van der Waals surface area contributed by atoms with Crippen LogP contribution in [0.1, 0.15) is 0 Å². The van der Waals surface area contributed by atoms with Crippen LogP contribution in [0.2, 0.25) is 0 Å². The van der Waals surface area contributed by atoms with Crippen LogP contribution in [0.3, 0.4) is 0 Å². The number of aliphatic hydroxyl groups excluding tert-OH is 1. The van der Waals surface area contributed by atoms with Gasteiger partial charge < -0.3 is 24.9 Å². The Morgan fingerprint density at radius 3 is 2.53 bits per heavy atom. The average Bonchev–Trinajstić information content (AvgIpc) is 3.29. The van der Waals surface area contributed by atoms with E-state index >= 15 is 0 Å². The molecule has 0 saturated carbocycles. The first-order chi connectivity index (χ1) is 17.3. The molecule has 3 heterocycles. The molecule has 2 aromatic carbocycles. The number of aromatic amines is 1. The Balaban J connectivity index is 1.46. The summed E-state index contributed by atoms with van der Waals surface area (Å²) in [7, 11) is 0. The van der Waals surface area contributed by atoms with E-state index < -0.39 is 47.9 Å². The first-order valence-electron chi connectivity index (χ1n) is 10.6. The largest absolute Gasteiger partial charge is 0.461 e. The highest BCUT2D eigenvalue weighted by atomic mass is 19.2. The summed E-state index contributed by atoms with van der Waals surface area (Å²) in [5, 5.41) is 11.7. The van der Waals surface area contributed by atoms with Gasteiger partial charge in [-0.05, 0) is 24.3 Å². The maximum atomic E-state index is 14.9. The third-order valence-corrected chi connectivity index (χ3v) is 5.47. The Hall–Kier alpha value is -4.19. The fourth-order valence-corrected chi connectivity index (χ4v) is 3.66. The molecule has 7 nitrogen and oxygen atoms in total. The quantitative estimate of drug-likeness (QED) is 0.330. The minimum absolute atomic E-state index is 0.0540. The smallest absolute Gasteiger partial charge is 0.289 e. The number of amidine groups is 1. The molecule has 0 amide bonds. The van der Waals surface area contributed by atoms with E-state index in [-0.39, 0.29) is 46.2 Å². The summed E-state index contributed by atoms with van der Waals surface area (Å²) in [5.41, 5.74) is -1.80. The number of aliphatic hydroxyl groups is 1. The van der Waals surface area contributed by atoms with Crippen molar-refractivity contribution in [3.05, 3.63) is 72.1 Å². The van der Waals surface area contributed by atoms with Gasteiger partial charge in [0, 0.05) is 41.3 Å². The Labute approximate surface area is 200 Å². The number of ether oxygens (including phenoxy) is 2. The Bertz CT molecular complexity index is 1470. The summed E-state index contributed by atoms with van der Waals surface area (Å²) < 4.78 is 82.6. The van der Waals surface area contributed by atoms with Gasteiger partial charge in [-0.25, -0.2) is 31.9 Å². The molecule has 36 heavy (non-hydrogen) atoms. The van der Waals surface area contributed by atoms with E-state index in [1.807, 2.05) is 0 Å². The molecule has 1 aliphatic heterocycles. The predicted molar refractivity (Wildman–Crippen MR) is 121 cm³/mol. The molecule has 1 aliphatic rings. The van der Waals surface area contributed by atoms with Crippen molar-refractivity contribution in [2.24, 2.45) is 4.99 Å². The fourth-order valence-electron chi connectivity index (χ4n) is 3.66. The van der Waals surface area contributed by atoms with Gasteiger partial charge in [0.15, 0.2) is 23.1 Å². The predicted octanol–water partition coefficient (Wildman–Crippen LogP) is 5.08. The van der Waals surface area contributed by atoms with E-state index in [1.54, 1.807) is 0 Å². The van der Waals surface area contributed by atoms with Crippen LogP contribution in [-0.4, -0.2) is 46.5 Å². The van der Waals surface area contributed by atoms with E-state index in [2.05, 4.69) is 20.3 Å². The standard InChI is InChI=1S/C24H17F5N4O3/c25-12-1-2-16(26)14(5-12)15-8-31-22-20(15)19(3-4-30-22)36-21-17(27)6-13(7-18(21)28)33-23-32-9-24(29,10-34)11-35-23/h1-8,34H,9-11H2,(H,30,31)(H,32,33). The maximum absolute atomic E-state index is 14.9. The minimum Gasteiger partial charge on any atom is -0.461 e. The number of benzene rings is 2. The number of hydrogen-bond acceptors (Lipinski definition) is 6. The van der Waals surface area contributed by atoms with Crippen molar-refractivity contribution >= 4 is 22.7 Å². The highest BCUT2D eigenvalue weighted by molar-refractivity contribution is 5.98. The number of hydrogen-bond donors (Lipinski definition) is 3. The van der Waals surface area contributed by atoms with Gasteiger partial charge in [0.2, 0.25) is 0 Å². The fraction of sp³-hybridized carbons (Fsp3) is 0.167. The van der Waals surface area contributed by atoms with Crippen molar-refractivity contribution in [2.75, 3.05) is 25.1 Å². The van der Waals surface area contributed by atoms with E-state index in [1.165, 1.54) is 18.5 Å². The van der Waals surface area contributed by atoms with E-state index in [4.69, 9.17) is 14.6 Å². The molecule has 3 N–H and O–H groups in total. The number of alkyl halides is 1. The van der Waals surface area contributed by atoms with Crippen LogP contribution in [0.4, 0.5) is 27.6 Å². The maximum Gasteiger partial charge on any atom is 0.289 e. The molecule has 2 aromatic heterocycles. The van der Waals surface area contributed by atoms with Crippen molar-refractivity contribution < 1.29 is 36.5 Å². The van der Waals surface area contributed by atoms with Crippen LogP contribution in [0.5, 0.6) is 11.5 Å². The lowest BCUT2D eigenvalue weighted by atomic mass is 10.0. The zero-order valence-electron chi connectivity index (χ0n) is 18.3. The molecule has 0 saturated heterocycles. The van der Waals surface area contributed by atoms with Gasteiger partial charge in [0.1, 0.15) is 29.6 Å². The van der Waals surface area contributed by atoms with Gasteiger partial charge in [0.05, 0.1) is 18.5 Å². The molecule has 12 heteroatoms. The number of anilines is 1. The van der Waals surface area contributed by atoms with Crippen molar-refractivity contribution in [3.63, 3.8) is 0 Å². The van der Waals surface area contributed by atoms with Crippen LogP contribution in [0.25, 0.3) is 22.2 Å². The lowest BCUT2D eigenvalue weighted by Gasteiger charge is -2.26. The number of halogens is 5. The number of nitrogens with zero attached hydrogens (tertiary/aromatic N) is 2. The molecular formula is C24H17F5N4O3. The van der Waals surface area contributed by atoms with Crippen LogP contribution in [0.15, 0.2) is 53.8 Å². The monoisotopic (exact) mass is 504 g/mol. The highest BCUT2D eigenvalue weighted by Crippen LogP contribution is 2.39. The Morgan fingerprint density at radius 2 is 1.83 bits per heavy atom. The summed E-state index contributed by atoms with van der Waals surface area (Å²) in [6.45, 7) is -1.65. The molecular weight excluding hydrogens is 487 g/mol. The van der Waals surface area contributed by atoms with Crippen LogP contribution in [-0.2, 0) is 4.74 Å². The van der Waals surface area contributed by atoms with Crippen LogP contribution in [0, 0.1) is 23.3 Å². The second-order valence-corrected chi connectivity index (χ2v) is 8.07. The van der Waals surface area contributed by atoms with Gasteiger partial charge in [-0.2, -0.15) is 0 Å². The summed E-state index contributed by atoms with van der Waals surface area (Å²) in [6, 6.07) is 5.90. The minimum atomic E-state index is -2.03. The zero-order chi connectivity index (χ0) is 25.4. The van der Waals surface area contributed by atoms with E-state index in [9.17, 15) is 22.0 Å². The molecule has 0 radical (unpaired) electrons. The molecule has 0 spiro atoms. The molecule has 0 aliphatic carbocycles.